The number of nitrogens with one attached hydrogen (secondary N) is 2. The van der Waals surface area contributed by atoms with Crippen LogP contribution in [0.4, 0.5) is 0 Å². The minimum absolute atomic E-state index is 0.0229. The number of hydrogen-bond donors (Lipinski definition) is 2. The number of guanidine groups is 1. The fourth-order valence-corrected chi connectivity index (χ4v) is 2.98. The van der Waals surface area contributed by atoms with E-state index in [-0.39, 0.29) is 12.1 Å². The van der Waals surface area contributed by atoms with Crippen molar-refractivity contribution < 1.29 is 4.74 Å². The first kappa shape index (κ1) is 17.5. The molecule has 25 heavy (non-hydrogen) atoms. The van der Waals surface area contributed by atoms with E-state index >= 15 is 0 Å². The van der Waals surface area contributed by atoms with Crippen molar-refractivity contribution in [3.05, 3.63) is 41.4 Å². The maximum absolute atomic E-state index is 5.98. The Hall–Kier alpha value is -2.28. The van der Waals surface area contributed by atoms with Gasteiger partial charge in [0.15, 0.2) is 5.96 Å². The molecule has 2 unspecified atom stereocenters. The number of benzene rings is 1. The zero-order valence-corrected chi connectivity index (χ0v) is 15.2. The van der Waals surface area contributed by atoms with E-state index in [9.17, 15) is 0 Å². The van der Waals surface area contributed by atoms with Crippen LogP contribution in [0.1, 0.15) is 19.2 Å². The lowest BCUT2D eigenvalue weighted by Gasteiger charge is -2.26. The summed E-state index contributed by atoms with van der Waals surface area (Å²) in [5, 5.41) is 11.7. The number of fused-ring (bicyclic) bond motifs is 1. The van der Waals surface area contributed by atoms with Gasteiger partial charge in [-0.3, -0.25) is 4.99 Å². The number of nitrogens with zero attached hydrogens (tertiary/aromatic N) is 4. The van der Waals surface area contributed by atoms with Gasteiger partial charge in [0.05, 0.1) is 13.1 Å². The predicted molar refractivity (Wildman–Crippen MR) is 98.2 cm³/mol. The largest absolute Gasteiger partial charge is 0.489 e. The molecule has 8 heteroatoms. The Labute approximate surface area is 152 Å². The summed E-state index contributed by atoms with van der Waals surface area (Å²) in [6, 6.07) is 7.69. The molecule has 2 N–H and O–H groups in total. The monoisotopic (exact) mass is 362 g/mol. The summed E-state index contributed by atoms with van der Waals surface area (Å²) in [5.41, 5.74) is 0. The minimum atomic E-state index is -0.0229. The van der Waals surface area contributed by atoms with Gasteiger partial charge in [-0.2, -0.15) is 5.10 Å². The molecule has 2 heterocycles. The maximum Gasteiger partial charge on any atom is 0.191 e. The smallest absolute Gasteiger partial charge is 0.191 e. The second-order valence-corrected chi connectivity index (χ2v) is 6.51. The average molecular weight is 363 g/mol. The van der Waals surface area contributed by atoms with Crippen molar-refractivity contribution in [3.63, 3.8) is 0 Å². The predicted octanol–water partition coefficient (Wildman–Crippen LogP) is 1.88. The highest BCUT2D eigenvalue weighted by molar-refractivity contribution is 6.30. The van der Waals surface area contributed by atoms with Crippen molar-refractivity contribution >= 4 is 17.6 Å². The summed E-state index contributed by atoms with van der Waals surface area (Å²) in [5.74, 6) is 2.57. The Balaban J connectivity index is 1.46. The molecule has 0 aliphatic carbocycles. The summed E-state index contributed by atoms with van der Waals surface area (Å²) in [7, 11) is 1.77. The van der Waals surface area contributed by atoms with Crippen molar-refractivity contribution in [3.8, 4) is 5.75 Å². The number of aliphatic imine (C=N–C) groups is 1. The summed E-state index contributed by atoms with van der Waals surface area (Å²) < 4.78 is 7.81. The molecular weight excluding hydrogens is 340 g/mol. The van der Waals surface area contributed by atoms with Gasteiger partial charge in [0.1, 0.15) is 24.0 Å². The van der Waals surface area contributed by atoms with Gasteiger partial charge in [-0.1, -0.05) is 17.7 Å². The molecule has 0 fully saturated rings. The number of aromatic nitrogens is 3. The Morgan fingerprint density at radius 3 is 3.20 bits per heavy atom. The van der Waals surface area contributed by atoms with E-state index < -0.39 is 0 Å². The van der Waals surface area contributed by atoms with Crippen molar-refractivity contribution in [1.82, 2.24) is 25.4 Å². The molecule has 0 spiro atoms. The molecule has 0 saturated heterocycles. The molecule has 1 aromatic carbocycles. The van der Waals surface area contributed by atoms with Crippen LogP contribution < -0.4 is 15.4 Å². The first-order chi connectivity index (χ1) is 12.1. The topological polar surface area (TPSA) is 76.4 Å². The van der Waals surface area contributed by atoms with Crippen LogP contribution in [0.3, 0.4) is 0 Å². The lowest BCUT2D eigenvalue weighted by atomic mass is 10.1. The zero-order valence-electron chi connectivity index (χ0n) is 14.4. The van der Waals surface area contributed by atoms with Gasteiger partial charge < -0.3 is 15.4 Å². The van der Waals surface area contributed by atoms with Crippen LogP contribution in [0, 0.1) is 0 Å². The standard InChI is InChI=1S/C17H23ClN6O/c1-12(25-15-5-3-4-13(18)8-15)9-20-17(19-2)23-14-6-7-16-21-11-22-24(16)10-14/h3-5,8,11-12,14H,6-7,9-10H2,1-2H3,(H2,19,20,23). The first-order valence-electron chi connectivity index (χ1n) is 8.40. The van der Waals surface area contributed by atoms with Crippen molar-refractivity contribution in [2.45, 2.75) is 38.5 Å². The summed E-state index contributed by atoms with van der Waals surface area (Å²) in [4.78, 5) is 8.54. The van der Waals surface area contributed by atoms with E-state index in [1.807, 2.05) is 35.9 Å². The van der Waals surface area contributed by atoms with Gasteiger partial charge in [0.2, 0.25) is 0 Å². The third kappa shape index (κ3) is 4.85. The Morgan fingerprint density at radius 2 is 2.40 bits per heavy atom. The van der Waals surface area contributed by atoms with Crippen LogP contribution in [0.25, 0.3) is 0 Å². The van der Waals surface area contributed by atoms with Gasteiger partial charge in [0, 0.05) is 24.5 Å². The number of halogens is 1. The SMILES string of the molecule is CN=C(NCC(C)Oc1cccc(Cl)c1)NC1CCc2ncnn2C1. The normalized spacial score (nSPS) is 18.4. The molecule has 1 aliphatic heterocycles. The fourth-order valence-electron chi connectivity index (χ4n) is 2.80. The van der Waals surface area contributed by atoms with E-state index in [1.165, 1.54) is 0 Å². The van der Waals surface area contributed by atoms with Crippen LogP contribution in [0.2, 0.25) is 5.02 Å². The molecule has 1 aliphatic rings. The quantitative estimate of drug-likeness (QED) is 0.627. The van der Waals surface area contributed by atoms with Gasteiger partial charge in [-0.25, -0.2) is 9.67 Å². The van der Waals surface area contributed by atoms with E-state index in [2.05, 4.69) is 25.7 Å². The molecule has 3 rings (SSSR count). The molecule has 0 saturated carbocycles. The second kappa shape index (κ2) is 8.20. The van der Waals surface area contributed by atoms with Gasteiger partial charge in [-0.05, 0) is 31.5 Å². The number of ether oxygens (including phenoxy) is 1. The molecule has 0 bridgehead atoms. The summed E-state index contributed by atoms with van der Waals surface area (Å²) in [6.45, 7) is 3.43. The summed E-state index contributed by atoms with van der Waals surface area (Å²) >= 11 is 5.98. The molecular formula is C17H23ClN6O. The molecule has 0 radical (unpaired) electrons. The number of hydrogen-bond acceptors (Lipinski definition) is 4. The van der Waals surface area contributed by atoms with Crippen LogP contribution in [0.15, 0.2) is 35.6 Å². The zero-order chi connectivity index (χ0) is 17.6. The molecule has 0 amide bonds. The van der Waals surface area contributed by atoms with E-state index in [1.54, 1.807) is 13.4 Å². The van der Waals surface area contributed by atoms with Crippen LogP contribution in [0.5, 0.6) is 5.75 Å². The van der Waals surface area contributed by atoms with E-state index in [0.717, 1.165) is 36.9 Å². The van der Waals surface area contributed by atoms with Crippen molar-refractivity contribution in [1.29, 1.82) is 0 Å². The molecule has 134 valence electrons. The third-order valence-corrected chi connectivity index (χ3v) is 4.30. The minimum Gasteiger partial charge on any atom is -0.489 e. The lowest BCUT2D eigenvalue weighted by molar-refractivity contribution is 0.223. The highest BCUT2D eigenvalue weighted by Gasteiger charge is 2.20. The summed E-state index contributed by atoms with van der Waals surface area (Å²) in [6.07, 6.45) is 3.52. The molecule has 1 aromatic heterocycles. The van der Waals surface area contributed by atoms with Gasteiger partial charge >= 0.3 is 0 Å². The van der Waals surface area contributed by atoms with E-state index in [0.29, 0.717) is 11.6 Å². The van der Waals surface area contributed by atoms with Crippen molar-refractivity contribution in [2.24, 2.45) is 4.99 Å². The van der Waals surface area contributed by atoms with Gasteiger partial charge in [-0.15, -0.1) is 0 Å². The van der Waals surface area contributed by atoms with Crippen LogP contribution >= 0.6 is 11.6 Å². The molecule has 7 nitrogen and oxygen atoms in total. The fraction of sp³-hybridized carbons (Fsp3) is 0.471. The molecule has 2 aromatic rings. The average Bonchev–Trinajstić information content (AvgIpc) is 3.06. The Morgan fingerprint density at radius 1 is 1.52 bits per heavy atom. The molecule has 2 atom stereocenters. The number of aryl methyl sites for hydroxylation is 1. The maximum atomic E-state index is 5.98. The van der Waals surface area contributed by atoms with E-state index in [4.69, 9.17) is 16.3 Å². The Kier molecular flexibility index (Phi) is 5.75. The lowest BCUT2D eigenvalue weighted by Crippen LogP contribution is -2.48. The second-order valence-electron chi connectivity index (χ2n) is 6.08. The first-order valence-corrected chi connectivity index (χ1v) is 8.78. The Bertz CT molecular complexity index is 731. The van der Waals surface area contributed by atoms with Crippen LogP contribution in [-0.2, 0) is 13.0 Å². The van der Waals surface area contributed by atoms with Crippen molar-refractivity contribution in [2.75, 3.05) is 13.6 Å². The van der Waals surface area contributed by atoms with Gasteiger partial charge in [0.25, 0.3) is 0 Å². The highest BCUT2D eigenvalue weighted by atomic mass is 35.5. The third-order valence-electron chi connectivity index (χ3n) is 4.06. The highest BCUT2D eigenvalue weighted by Crippen LogP contribution is 2.18. The number of rotatable bonds is 5. The van der Waals surface area contributed by atoms with Crippen LogP contribution in [-0.4, -0.2) is 46.5 Å².